The van der Waals surface area contributed by atoms with Gasteiger partial charge in [0.1, 0.15) is 0 Å². The van der Waals surface area contributed by atoms with Gasteiger partial charge in [-0.25, -0.2) is 4.98 Å². The van der Waals surface area contributed by atoms with Crippen molar-refractivity contribution in [2.45, 2.75) is 41.5 Å². The second-order valence-corrected chi connectivity index (χ2v) is 19.6. The van der Waals surface area contributed by atoms with E-state index in [1.165, 1.54) is 49.8 Å². The molecular weight excluding hydrogens is 896 g/mol. The molecule has 0 N–H and O–H groups in total. The number of benzene rings is 10. The lowest BCUT2D eigenvalue weighted by molar-refractivity contribution is 1.02. The Morgan fingerprint density at radius 3 is 1.22 bits per heavy atom. The molecule has 4 nitrogen and oxygen atoms in total. The van der Waals surface area contributed by atoms with Crippen molar-refractivity contribution in [3.63, 3.8) is 0 Å². The van der Waals surface area contributed by atoms with E-state index in [4.69, 9.17) is 15.0 Å². The SMILES string of the molecule is Cc1cc(C)c(B(c2ccc(N(c3nc(-c4cccc(-c5ccccc5)c4)nc(-c4cc(-c5ccccc5)cc(-c5ccccc5)c4)n3)c3ccccc3-c3ccccc3)cc2)c2c(C)cc(C)cc2C)c(C)c1. The number of hydrogen-bond donors (Lipinski definition) is 0. The van der Waals surface area contributed by atoms with Crippen molar-refractivity contribution in [2.75, 3.05) is 4.90 Å². The molecule has 1 aromatic heterocycles. The maximum absolute atomic E-state index is 5.59. The molecule has 0 aliphatic carbocycles. The van der Waals surface area contributed by atoms with Gasteiger partial charge in [0.2, 0.25) is 12.7 Å². The van der Waals surface area contributed by atoms with Gasteiger partial charge in [0.05, 0.1) is 5.69 Å². The van der Waals surface area contributed by atoms with E-state index in [0.29, 0.717) is 17.6 Å². The number of aryl methyl sites for hydroxylation is 6. The normalized spacial score (nSPS) is 11.1. The number of anilines is 3. The number of hydrogen-bond acceptors (Lipinski definition) is 4. The number of aromatic nitrogens is 3. The quantitative estimate of drug-likeness (QED) is 0.114. The molecule has 0 atom stereocenters. The average Bonchev–Trinajstić information content (AvgIpc) is 3.43. The molecule has 0 radical (unpaired) electrons. The molecule has 0 saturated heterocycles. The van der Waals surface area contributed by atoms with Gasteiger partial charge in [0.25, 0.3) is 0 Å². The molecule has 10 aromatic carbocycles. The van der Waals surface area contributed by atoms with Crippen LogP contribution < -0.4 is 21.3 Å². The third-order valence-corrected chi connectivity index (χ3v) is 14.2. The van der Waals surface area contributed by atoms with Gasteiger partial charge < -0.3 is 0 Å². The predicted octanol–water partition coefficient (Wildman–Crippen LogP) is 15.7. The summed E-state index contributed by atoms with van der Waals surface area (Å²) in [6.07, 6.45) is 0. The lowest BCUT2D eigenvalue weighted by Crippen LogP contribution is -2.55. The van der Waals surface area contributed by atoms with Crippen molar-refractivity contribution in [1.82, 2.24) is 15.0 Å². The Kier molecular flexibility index (Phi) is 13.2. The minimum absolute atomic E-state index is 0.0123. The molecule has 11 aromatic rings. The highest BCUT2D eigenvalue weighted by molar-refractivity contribution is 6.96. The molecule has 1 heterocycles. The number of nitrogens with zero attached hydrogens (tertiary/aromatic N) is 4. The molecule has 11 rings (SSSR count). The smallest absolute Gasteiger partial charge is 0.242 e. The first-order valence-electron chi connectivity index (χ1n) is 25.5. The van der Waals surface area contributed by atoms with Gasteiger partial charge in [-0.2, -0.15) is 9.97 Å². The second kappa shape index (κ2) is 20.7. The summed E-state index contributed by atoms with van der Waals surface area (Å²) in [5.74, 6) is 1.65. The van der Waals surface area contributed by atoms with Crippen LogP contribution in [0.4, 0.5) is 17.3 Å². The zero-order valence-electron chi connectivity index (χ0n) is 42.9. The molecule has 74 heavy (non-hydrogen) atoms. The summed E-state index contributed by atoms with van der Waals surface area (Å²) < 4.78 is 0. The van der Waals surface area contributed by atoms with Crippen LogP contribution in [-0.2, 0) is 0 Å². The molecular formula is C69H57BN4. The van der Waals surface area contributed by atoms with Crippen LogP contribution in [0.3, 0.4) is 0 Å². The maximum Gasteiger partial charge on any atom is 0.242 e. The summed E-state index contributed by atoms with van der Waals surface area (Å²) in [6, 6.07) is 84.4. The first kappa shape index (κ1) is 47.4. The summed E-state index contributed by atoms with van der Waals surface area (Å²) >= 11 is 0. The minimum atomic E-state index is 0.0123. The van der Waals surface area contributed by atoms with Crippen molar-refractivity contribution < 1.29 is 0 Å². The third-order valence-electron chi connectivity index (χ3n) is 14.2. The van der Waals surface area contributed by atoms with E-state index in [1.54, 1.807) is 0 Å². The van der Waals surface area contributed by atoms with E-state index in [1.807, 2.05) is 0 Å². The zero-order valence-corrected chi connectivity index (χ0v) is 42.9. The predicted molar refractivity (Wildman–Crippen MR) is 313 cm³/mol. The van der Waals surface area contributed by atoms with Gasteiger partial charge in [0.15, 0.2) is 11.6 Å². The van der Waals surface area contributed by atoms with Gasteiger partial charge in [0, 0.05) is 22.4 Å². The fraction of sp³-hybridized carbons (Fsp3) is 0.0870. The van der Waals surface area contributed by atoms with Crippen LogP contribution in [0.15, 0.2) is 237 Å². The largest absolute Gasteiger partial charge is 0.278 e. The van der Waals surface area contributed by atoms with Gasteiger partial charge in [-0.1, -0.05) is 244 Å². The Morgan fingerprint density at radius 1 is 0.311 bits per heavy atom. The number of rotatable bonds is 12. The topological polar surface area (TPSA) is 41.9 Å². The van der Waals surface area contributed by atoms with Crippen molar-refractivity contribution >= 4 is 40.4 Å². The maximum atomic E-state index is 5.59. The van der Waals surface area contributed by atoms with Gasteiger partial charge in [-0.05, 0) is 123 Å². The average molecular weight is 953 g/mol. The highest BCUT2D eigenvalue weighted by Crippen LogP contribution is 2.41. The fourth-order valence-corrected chi connectivity index (χ4v) is 11.0. The van der Waals surface area contributed by atoms with Crippen LogP contribution in [0.25, 0.3) is 67.3 Å². The first-order chi connectivity index (χ1) is 36.1. The van der Waals surface area contributed by atoms with E-state index < -0.39 is 0 Å². The molecule has 0 aliphatic heterocycles. The van der Waals surface area contributed by atoms with Gasteiger partial charge in [-0.3, -0.25) is 4.90 Å². The van der Waals surface area contributed by atoms with Crippen molar-refractivity contribution in [3.8, 4) is 67.3 Å². The van der Waals surface area contributed by atoms with Crippen LogP contribution in [0, 0.1) is 41.5 Å². The fourth-order valence-electron chi connectivity index (χ4n) is 11.0. The van der Waals surface area contributed by atoms with Crippen molar-refractivity contribution in [2.24, 2.45) is 0 Å². The minimum Gasteiger partial charge on any atom is -0.278 e. The molecule has 0 spiro atoms. The monoisotopic (exact) mass is 952 g/mol. The molecule has 0 unspecified atom stereocenters. The Balaban J connectivity index is 1.16. The molecule has 0 bridgehead atoms. The van der Waals surface area contributed by atoms with E-state index in [0.717, 1.165) is 67.0 Å². The highest BCUT2D eigenvalue weighted by Gasteiger charge is 2.30. The van der Waals surface area contributed by atoms with Crippen molar-refractivity contribution in [3.05, 3.63) is 270 Å². The van der Waals surface area contributed by atoms with Crippen molar-refractivity contribution in [1.29, 1.82) is 0 Å². The summed E-state index contributed by atoms with van der Waals surface area (Å²) in [7, 11) is 0. The second-order valence-electron chi connectivity index (χ2n) is 19.6. The molecule has 0 fully saturated rings. The van der Waals surface area contributed by atoms with Crippen LogP contribution in [0.1, 0.15) is 33.4 Å². The molecule has 0 saturated carbocycles. The first-order valence-corrected chi connectivity index (χ1v) is 25.5. The lowest BCUT2D eigenvalue weighted by atomic mass is 9.34. The summed E-state index contributed by atoms with van der Waals surface area (Å²) in [5, 5.41) is 0. The van der Waals surface area contributed by atoms with Gasteiger partial charge >= 0.3 is 0 Å². The molecule has 0 amide bonds. The Hall–Kier alpha value is -8.93. The summed E-state index contributed by atoms with van der Waals surface area (Å²) in [6.45, 7) is 13.5. The molecule has 356 valence electrons. The lowest BCUT2D eigenvalue weighted by Gasteiger charge is -2.28. The summed E-state index contributed by atoms with van der Waals surface area (Å²) in [5.41, 5.74) is 24.0. The van der Waals surface area contributed by atoms with Crippen LogP contribution in [0.2, 0.25) is 0 Å². The van der Waals surface area contributed by atoms with E-state index in [2.05, 4.69) is 283 Å². The number of para-hydroxylation sites is 1. The molecule has 5 heteroatoms. The Labute approximate surface area is 436 Å². The van der Waals surface area contributed by atoms with Crippen LogP contribution in [0.5, 0.6) is 0 Å². The Morgan fingerprint density at radius 2 is 0.703 bits per heavy atom. The standard InChI is InChI=1S/C69H57BN4/c1-46-38-48(3)65(49(4)39-46)70(66-50(5)40-47(2)41-51(66)6)61-34-36-62(37-35-61)74(64-33-20-19-32-63(64)55-28-17-10-18-29-55)69-72-67(57-31-21-30-56(42-57)52-22-11-7-12-23-52)71-68(73-69)60-44-58(53-24-13-8-14-25-53)43-59(45-60)54-26-15-9-16-27-54/h7-45H,1-6H3. The van der Waals surface area contributed by atoms with E-state index >= 15 is 0 Å². The van der Waals surface area contributed by atoms with E-state index in [-0.39, 0.29) is 6.71 Å². The Bertz CT molecular complexity index is 3620. The van der Waals surface area contributed by atoms with Gasteiger partial charge in [-0.15, -0.1) is 0 Å². The third kappa shape index (κ3) is 9.73. The summed E-state index contributed by atoms with van der Waals surface area (Å²) in [4.78, 5) is 18.8. The molecule has 0 aliphatic rings. The van der Waals surface area contributed by atoms with Crippen LogP contribution in [-0.4, -0.2) is 21.7 Å². The van der Waals surface area contributed by atoms with E-state index in [9.17, 15) is 0 Å². The van der Waals surface area contributed by atoms with Crippen LogP contribution >= 0.6 is 0 Å². The zero-order chi connectivity index (χ0) is 50.7. The highest BCUT2D eigenvalue weighted by atomic mass is 15.3.